The van der Waals surface area contributed by atoms with Crippen LogP contribution in [0.15, 0.2) is 60.3 Å². The van der Waals surface area contributed by atoms with Crippen molar-refractivity contribution in [2.75, 3.05) is 0 Å². The summed E-state index contributed by atoms with van der Waals surface area (Å²) in [7, 11) is 0. The standard InChI is InChI=1S/C10H10N2.C9H10O4/c1-8-2-4-9(5-3-8)10-6-7-11-12-10;1-9(8(12)13)4-2-3-6(5-9)7(10)11/h2-7H,1H3,(H,11,12);2-4H,5H2,1H3,(H,10,11)(H,12,13). The van der Waals surface area contributed by atoms with E-state index in [0.717, 1.165) is 5.69 Å². The first-order valence-electron chi connectivity index (χ1n) is 7.73. The fraction of sp³-hybridized carbons (Fsp3) is 0.211. The van der Waals surface area contributed by atoms with Crippen LogP contribution in [0.2, 0.25) is 0 Å². The molecule has 1 aliphatic rings. The molecule has 6 nitrogen and oxygen atoms in total. The normalized spacial score (nSPS) is 18.7. The van der Waals surface area contributed by atoms with Gasteiger partial charge in [0.25, 0.3) is 0 Å². The third-order valence-corrected chi connectivity index (χ3v) is 3.95. The highest BCUT2D eigenvalue weighted by Gasteiger charge is 2.34. The van der Waals surface area contributed by atoms with Crippen LogP contribution in [0.1, 0.15) is 18.9 Å². The van der Waals surface area contributed by atoms with E-state index in [1.165, 1.54) is 36.3 Å². The van der Waals surface area contributed by atoms with Gasteiger partial charge in [-0.3, -0.25) is 9.89 Å². The van der Waals surface area contributed by atoms with E-state index in [9.17, 15) is 9.59 Å². The number of carboxylic acids is 2. The first kappa shape index (κ1) is 18.2. The average Bonchev–Trinajstić information content (AvgIpc) is 3.10. The van der Waals surface area contributed by atoms with Crippen LogP contribution >= 0.6 is 0 Å². The molecule has 0 aliphatic heterocycles. The minimum Gasteiger partial charge on any atom is -0.481 e. The number of H-pyrrole nitrogens is 1. The van der Waals surface area contributed by atoms with Gasteiger partial charge in [-0.1, -0.05) is 48.1 Å². The van der Waals surface area contributed by atoms with Crippen LogP contribution in [0, 0.1) is 12.3 Å². The number of rotatable bonds is 3. The van der Waals surface area contributed by atoms with Gasteiger partial charge in [-0.15, -0.1) is 0 Å². The second-order valence-electron chi connectivity index (χ2n) is 6.09. The molecule has 0 bridgehead atoms. The first-order valence-corrected chi connectivity index (χ1v) is 7.73. The molecule has 2 aromatic rings. The molecular weight excluding hydrogens is 320 g/mol. The van der Waals surface area contributed by atoms with E-state index < -0.39 is 17.4 Å². The number of hydrogen-bond acceptors (Lipinski definition) is 3. The fourth-order valence-electron chi connectivity index (χ4n) is 2.33. The molecule has 3 rings (SSSR count). The molecule has 0 radical (unpaired) electrons. The number of aryl methyl sites for hydroxylation is 1. The lowest BCUT2D eigenvalue weighted by atomic mass is 9.80. The van der Waals surface area contributed by atoms with E-state index in [1.807, 2.05) is 6.07 Å². The second kappa shape index (κ2) is 7.61. The van der Waals surface area contributed by atoms with Crippen molar-refractivity contribution in [3.63, 3.8) is 0 Å². The number of hydrogen-bond donors (Lipinski definition) is 3. The van der Waals surface area contributed by atoms with Gasteiger partial charge in [0, 0.05) is 11.8 Å². The highest BCUT2D eigenvalue weighted by Crippen LogP contribution is 2.31. The Bertz CT molecular complexity index is 804. The largest absolute Gasteiger partial charge is 0.481 e. The Morgan fingerprint density at radius 3 is 2.36 bits per heavy atom. The van der Waals surface area contributed by atoms with Gasteiger partial charge in [0.2, 0.25) is 0 Å². The zero-order chi connectivity index (χ0) is 18.4. The van der Waals surface area contributed by atoms with Gasteiger partial charge in [-0.05, 0) is 31.9 Å². The molecule has 0 amide bonds. The van der Waals surface area contributed by atoms with Gasteiger partial charge in [0.1, 0.15) is 0 Å². The topological polar surface area (TPSA) is 103 Å². The van der Waals surface area contributed by atoms with Gasteiger partial charge < -0.3 is 10.2 Å². The summed E-state index contributed by atoms with van der Waals surface area (Å²) in [4.78, 5) is 21.3. The molecule has 0 spiro atoms. The van der Waals surface area contributed by atoms with Crippen LogP contribution in [0.5, 0.6) is 0 Å². The summed E-state index contributed by atoms with van der Waals surface area (Å²) >= 11 is 0. The Hall–Kier alpha value is -3.15. The molecule has 1 aromatic heterocycles. The first-order chi connectivity index (χ1) is 11.8. The molecule has 3 N–H and O–H groups in total. The molecule has 1 atom stereocenters. The van der Waals surface area contributed by atoms with E-state index >= 15 is 0 Å². The van der Waals surface area contributed by atoms with Gasteiger partial charge in [0.15, 0.2) is 0 Å². The summed E-state index contributed by atoms with van der Waals surface area (Å²) in [5, 5.41) is 24.3. The maximum Gasteiger partial charge on any atom is 0.331 e. The van der Waals surface area contributed by atoms with Gasteiger partial charge in [0.05, 0.1) is 11.1 Å². The van der Waals surface area contributed by atoms with Crippen LogP contribution in [0.25, 0.3) is 11.3 Å². The third-order valence-electron chi connectivity index (χ3n) is 3.95. The van der Waals surface area contributed by atoms with E-state index in [4.69, 9.17) is 10.2 Å². The Balaban J connectivity index is 0.000000181. The van der Waals surface area contributed by atoms with Crippen molar-refractivity contribution in [2.24, 2.45) is 5.41 Å². The number of aliphatic carboxylic acids is 2. The van der Waals surface area contributed by atoms with Crippen molar-refractivity contribution in [3.05, 3.63) is 65.9 Å². The van der Waals surface area contributed by atoms with Crippen molar-refractivity contribution in [1.29, 1.82) is 0 Å². The Kier molecular flexibility index (Phi) is 5.54. The monoisotopic (exact) mass is 340 g/mol. The number of benzene rings is 1. The predicted octanol–water partition coefficient (Wildman–Crippen LogP) is 3.43. The lowest BCUT2D eigenvalue weighted by Crippen LogP contribution is -2.28. The summed E-state index contributed by atoms with van der Waals surface area (Å²) in [5.41, 5.74) is 2.57. The molecule has 1 aromatic carbocycles. The minimum atomic E-state index is -1.08. The minimum absolute atomic E-state index is 0.0359. The number of carbonyl (C=O) groups is 2. The zero-order valence-electron chi connectivity index (χ0n) is 14.1. The van der Waals surface area contributed by atoms with E-state index in [2.05, 4.69) is 41.4 Å². The van der Waals surface area contributed by atoms with Crippen molar-refractivity contribution in [3.8, 4) is 11.3 Å². The zero-order valence-corrected chi connectivity index (χ0v) is 14.1. The summed E-state index contributed by atoms with van der Waals surface area (Å²) in [6, 6.07) is 10.3. The smallest absolute Gasteiger partial charge is 0.331 e. The van der Waals surface area contributed by atoms with Crippen LogP contribution in [0.4, 0.5) is 0 Å². The van der Waals surface area contributed by atoms with Crippen molar-refractivity contribution in [1.82, 2.24) is 10.2 Å². The Labute approximate surface area is 145 Å². The van der Waals surface area contributed by atoms with Crippen LogP contribution in [-0.4, -0.2) is 32.3 Å². The molecule has 130 valence electrons. The summed E-state index contributed by atoms with van der Waals surface area (Å²) in [5.74, 6) is -2.06. The molecule has 6 heteroatoms. The molecular formula is C19H20N2O4. The molecule has 1 heterocycles. The maximum atomic E-state index is 10.8. The molecule has 0 saturated carbocycles. The summed E-state index contributed by atoms with van der Waals surface area (Å²) in [6.45, 7) is 3.58. The van der Waals surface area contributed by atoms with Gasteiger partial charge in [-0.25, -0.2) is 4.79 Å². The number of carboxylic acid groups (broad SMARTS) is 2. The van der Waals surface area contributed by atoms with Crippen LogP contribution in [0.3, 0.4) is 0 Å². The van der Waals surface area contributed by atoms with E-state index in [0.29, 0.717) is 0 Å². The lowest BCUT2D eigenvalue weighted by molar-refractivity contribution is -0.145. The van der Waals surface area contributed by atoms with Gasteiger partial charge >= 0.3 is 11.9 Å². The molecule has 0 fully saturated rings. The Morgan fingerprint density at radius 2 is 1.84 bits per heavy atom. The quantitative estimate of drug-likeness (QED) is 0.794. The number of aromatic amines is 1. The molecule has 25 heavy (non-hydrogen) atoms. The highest BCUT2D eigenvalue weighted by molar-refractivity contribution is 5.90. The van der Waals surface area contributed by atoms with Gasteiger partial charge in [-0.2, -0.15) is 5.10 Å². The highest BCUT2D eigenvalue weighted by atomic mass is 16.4. The molecule has 0 saturated heterocycles. The van der Waals surface area contributed by atoms with Crippen molar-refractivity contribution < 1.29 is 19.8 Å². The molecule has 1 unspecified atom stereocenters. The van der Waals surface area contributed by atoms with Crippen molar-refractivity contribution >= 4 is 11.9 Å². The van der Waals surface area contributed by atoms with E-state index in [-0.39, 0.29) is 12.0 Å². The molecule has 1 aliphatic carbocycles. The average molecular weight is 340 g/mol. The number of nitrogens with zero attached hydrogens (tertiary/aromatic N) is 1. The summed E-state index contributed by atoms with van der Waals surface area (Å²) in [6.07, 6.45) is 6.19. The third kappa shape index (κ3) is 4.67. The SMILES string of the molecule is CC1(C(=O)O)C=CC=C(C(=O)O)C1.Cc1ccc(-c2ccn[nH]2)cc1. The number of aromatic nitrogens is 2. The number of nitrogens with one attached hydrogen (secondary N) is 1. The van der Waals surface area contributed by atoms with Crippen molar-refractivity contribution in [2.45, 2.75) is 20.3 Å². The Morgan fingerprint density at radius 1 is 1.16 bits per heavy atom. The second-order valence-corrected chi connectivity index (χ2v) is 6.09. The van der Waals surface area contributed by atoms with Crippen LogP contribution < -0.4 is 0 Å². The predicted molar refractivity (Wildman–Crippen MR) is 94.0 cm³/mol. The summed E-state index contributed by atoms with van der Waals surface area (Å²) < 4.78 is 0. The maximum absolute atomic E-state index is 10.8. The lowest BCUT2D eigenvalue weighted by Gasteiger charge is -2.23. The van der Waals surface area contributed by atoms with E-state index in [1.54, 1.807) is 6.20 Å². The fourth-order valence-corrected chi connectivity index (χ4v) is 2.33. The van der Waals surface area contributed by atoms with Crippen LogP contribution in [-0.2, 0) is 9.59 Å². The number of allylic oxidation sites excluding steroid dienone is 2.